The van der Waals surface area contributed by atoms with Crippen molar-refractivity contribution >= 4 is 40.7 Å². The smallest absolute Gasteiger partial charge is 0.251 e. The third kappa shape index (κ3) is 4.97. The first-order chi connectivity index (χ1) is 11.9. The van der Waals surface area contributed by atoms with E-state index in [2.05, 4.69) is 5.32 Å². The van der Waals surface area contributed by atoms with Gasteiger partial charge in [0.05, 0.1) is 10.0 Å². The van der Waals surface area contributed by atoms with Crippen molar-refractivity contribution in [3.63, 3.8) is 0 Å². The molecule has 2 rings (SSSR count). The summed E-state index contributed by atoms with van der Waals surface area (Å²) in [5, 5.41) is 3.53. The van der Waals surface area contributed by atoms with Gasteiger partial charge in [-0.25, -0.2) is 0 Å². The number of anilines is 1. The summed E-state index contributed by atoms with van der Waals surface area (Å²) in [6, 6.07) is 12.5. The highest BCUT2D eigenvalue weighted by Crippen LogP contribution is 2.23. The Hall–Kier alpha value is -2.04. The number of carbonyl (C=O) groups is 2. The Balaban J connectivity index is 2.03. The van der Waals surface area contributed by atoms with Gasteiger partial charge in [-0.2, -0.15) is 0 Å². The van der Waals surface area contributed by atoms with Crippen molar-refractivity contribution in [1.82, 2.24) is 5.32 Å². The molecule has 0 atom stereocenters. The van der Waals surface area contributed by atoms with E-state index in [4.69, 9.17) is 23.2 Å². The molecule has 6 heteroatoms. The molecular formula is C19H20Cl2N2O2. The maximum absolute atomic E-state index is 12.2. The number of halogens is 2. The molecule has 0 aliphatic carbocycles. The Bertz CT molecular complexity index is 778. The van der Waals surface area contributed by atoms with Crippen LogP contribution in [0.15, 0.2) is 42.5 Å². The van der Waals surface area contributed by atoms with Crippen molar-refractivity contribution in [2.75, 3.05) is 18.0 Å². The van der Waals surface area contributed by atoms with Crippen LogP contribution in [-0.4, -0.2) is 24.9 Å². The highest BCUT2D eigenvalue weighted by molar-refractivity contribution is 6.42. The molecule has 2 amide bonds. The number of rotatable bonds is 6. The van der Waals surface area contributed by atoms with Crippen LogP contribution in [-0.2, 0) is 11.2 Å². The number of nitrogens with zero attached hydrogens (tertiary/aromatic N) is 1. The van der Waals surface area contributed by atoms with Gasteiger partial charge in [0.15, 0.2) is 0 Å². The van der Waals surface area contributed by atoms with Crippen molar-refractivity contribution in [3.05, 3.63) is 63.6 Å². The van der Waals surface area contributed by atoms with Gasteiger partial charge in [-0.05, 0) is 36.2 Å². The zero-order chi connectivity index (χ0) is 18.4. The molecule has 0 saturated carbocycles. The molecule has 2 aromatic carbocycles. The molecule has 0 saturated heterocycles. The molecule has 1 N–H and O–H groups in total. The predicted molar refractivity (Wildman–Crippen MR) is 103 cm³/mol. The normalized spacial score (nSPS) is 10.4. The molecule has 0 bridgehead atoms. The van der Waals surface area contributed by atoms with Crippen LogP contribution < -0.4 is 10.2 Å². The number of nitrogens with one attached hydrogen (secondary N) is 1. The van der Waals surface area contributed by atoms with Crippen LogP contribution in [0.3, 0.4) is 0 Å². The van der Waals surface area contributed by atoms with E-state index in [-0.39, 0.29) is 11.8 Å². The molecule has 0 radical (unpaired) electrons. The van der Waals surface area contributed by atoms with Gasteiger partial charge >= 0.3 is 0 Å². The monoisotopic (exact) mass is 378 g/mol. The van der Waals surface area contributed by atoms with E-state index in [1.165, 1.54) is 13.0 Å². The summed E-state index contributed by atoms with van der Waals surface area (Å²) in [4.78, 5) is 25.9. The molecule has 0 aliphatic rings. The van der Waals surface area contributed by atoms with Gasteiger partial charge in [-0.1, -0.05) is 48.3 Å². The van der Waals surface area contributed by atoms with Crippen molar-refractivity contribution in [1.29, 1.82) is 0 Å². The summed E-state index contributed by atoms with van der Waals surface area (Å²) in [5.74, 6) is -0.324. The molecule has 2 aromatic rings. The van der Waals surface area contributed by atoms with Crippen LogP contribution in [0.5, 0.6) is 0 Å². The largest absolute Gasteiger partial charge is 0.350 e. The lowest BCUT2D eigenvalue weighted by Gasteiger charge is -2.24. The van der Waals surface area contributed by atoms with E-state index in [0.29, 0.717) is 28.7 Å². The second kappa shape index (κ2) is 8.88. The lowest BCUT2D eigenvalue weighted by Crippen LogP contribution is -2.38. The number of amides is 2. The molecule has 25 heavy (non-hydrogen) atoms. The van der Waals surface area contributed by atoms with Gasteiger partial charge < -0.3 is 10.2 Å². The minimum atomic E-state index is -0.258. The second-order valence-electron chi connectivity index (χ2n) is 5.54. The first kappa shape index (κ1) is 19.3. The minimum Gasteiger partial charge on any atom is -0.350 e. The van der Waals surface area contributed by atoms with Crippen molar-refractivity contribution < 1.29 is 9.59 Å². The number of para-hydroxylation sites is 1. The molecule has 132 valence electrons. The second-order valence-corrected chi connectivity index (χ2v) is 6.35. The van der Waals surface area contributed by atoms with Gasteiger partial charge in [0, 0.05) is 31.3 Å². The predicted octanol–water partition coefficient (Wildman–Crippen LogP) is 4.34. The average Bonchev–Trinajstić information content (AvgIpc) is 2.60. The zero-order valence-electron chi connectivity index (χ0n) is 14.2. The molecule has 0 unspecified atom stereocenters. The fourth-order valence-electron chi connectivity index (χ4n) is 2.54. The Morgan fingerprint density at radius 3 is 2.44 bits per heavy atom. The molecule has 0 aromatic heterocycles. The molecule has 0 aliphatic heterocycles. The highest BCUT2D eigenvalue weighted by Gasteiger charge is 2.15. The van der Waals surface area contributed by atoms with E-state index >= 15 is 0 Å². The number of aryl methyl sites for hydroxylation is 1. The van der Waals surface area contributed by atoms with Gasteiger partial charge in [-0.3, -0.25) is 9.59 Å². The SMILES string of the molecule is CCc1ccccc1N(CCNC(=O)c1ccc(Cl)c(Cl)c1)C(C)=O. The standard InChI is InChI=1S/C19H20Cl2N2O2/c1-3-14-6-4-5-7-18(14)23(13(2)24)11-10-22-19(25)15-8-9-16(20)17(21)12-15/h4-9,12H,3,10-11H2,1-2H3,(H,22,25). The Morgan fingerprint density at radius 2 is 1.80 bits per heavy atom. The third-order valence-electron chi connectivity index (χ3n) is 3.85. The van der Waals surface area contributed by atoms with Gasteiger partial charge in [0.25, 0.3) is 5.91 Å². The lowest BCUT2D eigenvalue weighted by atomic mass is 10.1. The van der Waals surface area contributed by atoms with Gasteiger partial charge in [-0.15, -0.1) is 0 Å². The molecule has 0 heterocycles. The van der Waals surface area contributed by atoms with Crippen molar-refractivity contribution in [2.45, 2.75) is 20.3 Å². The summed E-state index contributed by atoms with van der Waals surface area (Å²) in [6.45, 7) is 4.28. The minimum absolute atomic E-state index is 0.0651. The Kier molecular flexibility index (Phi) is 6.85. The number of carbonyl (C=O) groups excluding carboxylic acids is 2. The lowest BCUT2D eigenvalue weighted by molar-refractivity contribution is -0.116. The molecular weight excluding hydrogens is 359 g/mol. The number of benzene rings is 2. The highest BCUT2D eigenvalue weighted by atomic mass is 35.5. The van der Waals surface area contributed by atoms with E-state index in [1.54, 1.807) is 17.0 Å². The van der Waals surface area contributed by atoms with Crippen LogP contribution in [0.4, 0.5) is 5.69 Å². The van der Waals surface area contributed by atoms with Crippen LogP contribution >= 0.6 is 23.2 Å². The Morgan fingerprint density at radius 1 is 1.08 bits per heavy atom. The van der Waals surface area contributed by atoms with Crippen LogP contribution in [0.2, 0.25) is 10.0 Å². The van der Waals surface area contributed by atoms with Crippen LogP contribution in [0.25, 0.3) is 0 Å². The fourth-order valence-corrected chi connectivity index (χ4v) is 2.84. The van der Waals surface area contributed by atoms with E-state index < -0.39 is 0 Å². The molecule has 4 nitrogen and oxygen atoms in total. The Labute approximate surface area is 157 Å². The summed E-state index contributed by atoms with van der Waals surface area (Å²) in [5.41, 5.74) is 2.40. The molecule has 0 fully saturated rings. The maximum Gasteiger partial charge on any atom is 0.251 e. The maximum atomic E-state index is 12.2. The quantitative estimate of drug-likeness (QED) is 0.812. The molecule has 0 spiro atoms. The van der Waals surface area contributed by atoms with Crippen molar-refractivity contribution in [2.24, 2.45) is 0 Å². The van der Waals surface area contributed by atoms with E-state index in [0.717, 1.165) is 17.7 Å². The average molecular weight is 379 g/mol. The van der Waals surface area contributed by atoms with Gasteiger partial charge in [0.1, 0.15) is 0 Å². The topological polar surface area (TPSA) is 49.4 Å². The fraction of sp³-hybridized carbons (Fsp3) is 0.263. The van der Waals surface area contributed by atoms with Crippen LogP contribution in [0, 0.1) is 0 Å². The van der Waals surface area contributed by atoms with Crippen LogP contribution in [0.1, 0.15) is 29.8 Å². The number of hydrogen-bond acceptors (Lipinski definition) is 2. The van der Waals surface area contributed by atoms with E-state index in [9.17, 15) is 9.59 Å². The first-order valence-electron chi connectivity index (χ1n) is 8.03. The van der Waals surface area contributed by atoms with E-state index in [1.807, 2.05) is 31.2 Å². The number of hydrogen-bond donors (Lipinski definition) is 1. The zero-order valence-corrected chi connectivity index (χ0v) is 15.7. The van der Waals surface area contributed by atoms with Crippen molar-refractivity contribution in [3.8, 4) is 0 Å². The summed E-state index contributed by atoms with van der Waals surface area (Å²) in [7, 11) is 0. The summed E-state index contributed by atoms with van der Waals surface area (Å²) >= 11 is 11.8. The third-order valence-corrected chi connectivity index (χ3v) is 4.59. The summed E-state index contributed by atoms with van der Waals surface area (Å²) in [6.07, 6.45) is 0.829. The van der Waals surface area contributed by atoms with Gasteiger partial charge in [0.2, 0.25) is 5.91 Å². The summed E-state index contributed by atoms with van der Waals surface area (Å²) < 4.78 is 0. The first-order valence-corrected chi connectivity index (χ1v) is 8.79.